The molecule has 0 radical (unpaired) electrons. The van der Waals surface area contributed by atoms with Crippen LogP contribution in [0.3, 0.4) is 0 Å². The number of amides is 1. The van der Waals surface area contributed by atoms with E-state index in [0.29, 0.717) is 31.9 Å². The van der Waals surface area contributed by atoms with E-state index in [1.807, 2.05) is 54.8 Å². The molecule has 0 saturated heterocycles. The molecule has 2 aromatic heterocycles. The number of aryl methyl sites for hydroxylation is 1. The number of hydrogen-bond donors (Lipinski definition) is 1. The number of anilines is 1. The summed E-state index contributed by atoms with van der Waals surface area (Å²) in [6.07, 6.45) is 0. The molecule has 1 aliphatic heterocycles. The molecule has 0 bridgehead atoms. The van der Waals surface area contributed by atoms with Crippen LogP contribution in [0.5, 0.6) is 0 Å². The summed E-state index contributed by atoms with van der Waals surface area (Å²) in [6, 6.07) is 17.8. The van der Waals surface area contributed by atoms with Gasteiger partial charge in [-0.25, -0.2) is 4.98 Å². The second-order valence-electron chi connectivity index (χ2n) is 7.87. The number of halogens is 1. The third-order valence-electron chi connectivity index (χ3n) is 5.79. The second kappa shape index (κ2) is 8.83. The molecule has 4 aromatic rings. The van der Waals surface area contributed by atoms with E-state index in [0.717, 1.165) is 10.4 Å². The zero-order valence-electron chi connectivity index (χ0n) is 18.3. The van der Waals surface area contributed by atoms with Crippen molar-refractivity contribution in [2.45, 2.75) is 19.9 Å². The number of ketones is 1. The highest BCUT2D eigenvalue weighted by Crippen LogP contribution is 2.46. The average molecular weight is 507 g/mol. The highest BCUT2D eigenvalue weighted by Gasteiger charge is 2.46. The number of nitrogens with zero attached hydrogens (tertiary/aromatic N) is 2. The maximum atomic E-state index is 13.9. The van der Waals surface area contributed by atoms with Gasteiger partial charge in [0.1, 0.15) is 11.0 Å². The average Bonchev–Trinajstić information content (AvgIpc) is 3.56. The molecular weight excluding hydrogens is 488 g/mol. The van der Waals surface area contributed by atoms with E-state index in [9.17, 15) is 14.7 Å². The number of rotatable bonds is 5. The molecule has 3 heterocycles. The van der Waals surface area contributed by atoms with Crippen molar-refractivity contribution >= 4 is 51.7 Å². The second-order valence-corrected chi connectivity index (χ2v) is 10.3. The first kappa shape index (κ1) is 22.5. The van der Waals surface area contributed by atoms with Crippen LogP contribution in [0.25, 0.3) is 10.6 Å². The number of thiophene rings is 1. The molecular formula is C26H19ClN2O3S2. The van der Waals surface area contributed by atoms with Gasteiger partial charge in [-0.15, -0.1) is 22.7 Å². The van der Waals surface area contributed by atoms with E-state index in [-0.39, 0.29) is 5.57 Å². The molecule has 1 atom stereocenters. The Hall–Kier alpha value is -3.26. The van der Waals surface area contributed by atoms with Gasteiger partial charge < -0.3 is 5.11 Å². The third-order valence-corrected chi connectivity index (χ3v) is 8.33. The van der Waals surface area contributed by atoms with Gasteiger partial charge in [-0.3, -0.25) is 14.5 Å². The molecule has 1 unspecified atom stereocenters. The van der Waals surface area contributed by atoms with Crippen LogP contribution in [0.15, 0.2) is 77.4 Å². The smallest absolute Gasteiger partial charge is 0.294 e. The fourth-order valence-corrected chi connectivity index (χ4v) is 6.11. The zero-order chi connectivity index (χ0) is 24.0. The number of aliphatic hydroxyl groups excluding tert-OH is 1. The van der Waals surface area contributed by atoms with Crippen molar-refractivity contribution in [3.63, 3.8) is 0 Å². The summed E-state index contributed by atoms with van der Waals surface area (Å²) >= 11 is 9.02. The molecule has 170 valence electrons. The Balaban J connectivity index is 1.63. The normalized spacial score (nSPS) is 15.9. The maximum Gasteiger partial charge on any atom is 0.294 e. The number of hydrogen-bond acceptors (Lipinski definition) is 6. The van der Waals surface area contributed by atoms with Crippen LogP contribution in [-0.2, 0) is 4.79 Å². The Morgan fingerprint density at radius 3 is 2.53 bits per heavy atom. The maximum absolute atomic E-state index is 13.9. The van der Waals surface area contributed by atoms with Gasteiger partial charge in [0, 0.05) is 21.2 Å². The topological polar surface area (TPSA) is 70.5 Å². The van der Waals surface area contributed by atoms with E-state index < -0.39 is 23.5 Å². The Bertz CT molecular complexity index is 1440. The fourth-order valence-electron chi connectivity index (χ4n) is 4.09. The van der Waals surface area contributed by atoms with Crippen LogP contribution < -0.4 is 4.90 Å². The van der Waals surface area contributed by atoms with Crippen LogP contribution in [0.1, 0.15) is 31.8 Å². The van der Waals surface area contributed by atoms with Crippen LogP contribution >= 0.6 is 34.3 Å². The largest absolute Gasteiger partial charge is 0.503 e. The number of benzene rings is 2. The van der Waals surface area contributed by atoms with Crippen molar-refractivity contribution in [1.29, 1.82) is 0 Å². The van der Waals surface area contributed by atoms with Crippen LogP contribution in [0.2, 0.25) is 5.02 Å². The number of carbonyl (C=O) groups excluding carboxylic acids is 2. The van der Waals surface area contributed by atoms with Gasteiger partial charge in [0.2, 0.25) is 5.78 Å². The third kappa shape index (κ3) is 3.66. The van der Waals surface area contributed by atoms with Gasteiger partial charge >= 0.3 is 0 Å². The van der Waals surface area contributed by atoms with Crippen LogP contribution in [-0.4, -0.2) is 21.8 Å². The molecule has 0 fully saturated rings. The molecule has 5 nitrogen and oxygen atoms in total. The molecule has 1 amide bonds. The summed E-state index contributed by atoms with van der Waals surface area (Å²) in [5.74, 6) is -1.57. The summed E-state index contributed by atoms with van der Waals surface area (Å²) in [6.45, 7) is 3.58. The summed E-state index contributed by atoms with van der Waals surface area (Å²) in [5.41, 5.74) is 2.76. The summed E-state index contributed by atoms with van der Waals surface area (Å²) < 4.78 is 0. The molecule has 5 rings (SSSR count). The van der Waals surface area contributed by atoms with Gasteiger partial charge in [-0.05, 0) is 43.0 Å². The molecule has 0 aliphatic carbocycles. The van der Waals surface area contributed by atoms with Crippen molar-refractivity contribution in [1.82, 2.24) is 4.98 Å². The summed E-state index contributed by atoms with van der Waals surface area (Å²) in [5, 5.41) is 14.1. The molecule has 2 aromatic carbocycles. The van der Waals surface area contributed by atoms with Crippen molar-refractivity contribution in [2.75, 3.05) is 4.90 Å². The van der Waals surface area contributed by atoms with Crippen molar-refractivity contribution < 1.29 is 14.7 Å². The van der Waals surface area contributed by atoms with Gasteiger partial charge in [-0.1, -0.05) is 54.1 Å². The standard InChI is InChI=1S/C26H19ClN2O3S2/c1-14-17(27)10-6-11-18(14)29-21(19-12-7-13-33-19)20(23(31)26(29)32)22(30)24-15(2)28-25(34-24)16-8-4-3-5-9-16/h3-13,21,31H,1-2H3. The van der Waals surface area contributed by atoms with E-state index in [4.69, 9.17) is 11.6 Å². The minimum Gasteiger partial charge on any atom is -0.503 e. The van der Waals surface area contributed by atoms with Crippen molar-refractivity contribution in [3.8, 4) is 10.6 Å². The monoisotopic (exact) mass is 506 g/mol. The molecule has 0 saturated carbocycles. The highest BCUT2D eigenvalue weighted by atomic mass is 35.5. The molecule has 1 aliphatic rings. The SMILES string of the molecule is Cc1nc(-c2ccccc2)sc1C(=O)C1=C(O)C(=O)N(c2cccc(Cl)c2C)C1c1cccs1. The predicted octanol–water partition coefficient (Wildman–Crippen LogP) is 6.92. The summed E-state index contributed by atoms with van der Waals surface area (Å²) in [7, 11) is 0. The van der Waals surface area contributed by atoms with Crippen LogP contribution in [0, 0.1) is 13.8 Å². The van der Waals surface area contributed by atoms with Crippen molar-refractivity contribution in [3.05, 3.63) is 103 Å². The van der Waals surface area contributed by atoms with E-state index >= 15 is 0 Å². The fraction of sp³-hybridized carbons (Fsp3) is 0.115. The van der Waals surface area contributed by atoms with E-state index in [1.54, 1.807) is 25.1 Å². The Labute approximate surface area is 209 Å². The molecule has 34 heavy (non-hydrogen) atoms. The number of aliphatic hydroxyl groups is 1. The summed E-state index contributed by atoms with van der Waals surface area (Å²) in [4.78, 5) is 34.4. The lowest BCUT2D eigenvalue weighted by molar-refractivity contribution is -0.117. The Morgan fingerprint density at radius 1 is 1.06 bits per heavy atom. The molecule has 0 spiro atoms. The molecule has 1 N–H and O–H groups in total. The zero-order valence-corrected chi connectivity index (χ0v) is 20.7. The van der Waals surface area contributed by atoms with Gasteiger partial charge in [0.25, 0.3) is 5.91 Å². The Kier molecular flexibility index (Phi) is 5.85. The number of aromatic nitrogens is 1. The first-order chi connectivity index (χ1) is 16.4. The number of thiazole rings is 1. The first-order valence-corrected chi connectivity index (χ1v) is 12.6. The van der Waals surface area contributed by atoms with Gasteiger partial charge in [0.15, 0.2) is 5.76 Å². The van der Waals surface area contributed by atoms with Crippen LogP contribution in [0.4, 0.5) is 5.69 Å². The van der Waals surface area contributed by atoms with Crippen molar-refractivity contribution in [2.24, 2.45) is 0 Å². The minimum absolute atomic E-state index is 0.0539. The lowest BCUT2D eigenvalue weighted by Gasteiger charge is -2.27. The number of Topliss-reactive ketones (excluding diaryl/α,β-unsaturated/α-hetero) is 1. The van der Waals surface area contributed by atoms with E-state index in [1.165, 1.54) is 27.6 Å². The quantitative estimate of drug-likeness (QED) is 0.298. The highest BCUT2D eigenvalue weighted by molar-refractivity contribution is 7.17. The molecule has 8 heteroatoms. The minimum atomic E-state index is -0.765. The predicted molar refractivity (Wildman–Crippen MR) is 137 cm³/mol. The lowest BCUT2D eigenvalue weighted by atomic mass is 9.99. The van der Waals surface area contributed by atoms with E-state index in [2.05, 4.69) is 4.98 Å². The Morgan fingerprint density at radius 2 is 1.82 bits per heavy atom. The first-order valence-electron chi connectivity index (χ1n) is 10.5. The lowest BCUT2D eigenvalue weighted by Crippen LogP contribution is -2.31. The number of carbonyl (C=O) groups is 2. The van der Waals surface area contributed by atoms with Gasteiger partial charge in [0.05, 0.1) is 16.1 Å². The van der Waals surface area contributed by atoms with Gasteiger partial charge in [-0.2, -0.15) is 0 Å².